The monoisotopic (exact) mass is 388 g/mol. The number of aliphatic carboxylic acids is 1. The molecule has 1 aromatic heterocycles. The van der Waals surface area contributed by atoms with E-state index in [4.69, 9.17) is 5.11 Å². The number of thiophene rings is 1. The van der Waals surface area contributed by atoms with Gasteiger partial charge >= 0.3 is 5.97 Å². The Hall–Kier alpha value is -1.41. The van der Waals surface area contributed by atoms with Gasteiger partial charge in [0.2, 0.25) is 5.91 Å². The molecule has 0 bridgehead atoms. The predicted octanol–water partition coefficient (Wildman–Crippen LogP) is 1.91. The first-order valence-corrected chi connectivity index (χ1v) is 8.56. The summed E-state index contributed by atoms with van der Waals surface area (Å²) in [5.41, 5.74) is 0. The summed E-state index contributed by atoms with van der Waals surface area (Å²) in [6.45, 7) is 0.733. The van der Waals surface area contributed by atoms with Gasteiger partial charge in [-0.3, -0.25) is 14.4 Å². The molecule has 2 rings (SSSR count). The molecule has 1 unspecified atom stereocenters. The zero-order valence-electron chi connectivity index (χ0n) is 12.1. The Morgan fingerprint density at radius 2 is 2.23 bits per heavy atom. The van der Waals surface area contributed by atoms with E-state index in [2.05, 4.69) is 15.9 Å². The van der Waals surface area contributed by atoms with Gasteiger partial charge in [0, 0.05) is 30.0 Å². The Bertz CT molecular complexity index is 589. The number of halogens is 1. The third-order valence-electron chi connectivity index (χ3n) is 3.62. The maximum atomic E-state index is 12.3. The molecule has 0 saturated carbocycles. The van der Waals surface area contributed by atoms with Crippen LogP contribution in [-0.2, 0) is 9.59 Å². The molecule has 1 aliphatic heterocycles. The first-order valence-electron chi connectivity index (χ1n) is 6.88. The van der Waals surface area contributed by atoms with E-state index in [1.165, 1.54) is 21.1 Å². The van der Waals surface area contributed by atoms with Crippen LogP contribution >= 0.6 is 27.3 Å². The summed E-state index contributed by atoms with van der Waals surface area (Å²) in [7, 11) is 1.58. The van der Waals surface area contributed by atoms with Gasteiger partial charge in [-0.15, -0.1) is 11.3 Å². The van der Waals surface area contributed by atoms with Crippen molar-refractivity contribution in [1.29, 1.82) is 0 Å². The number of likely N-dealkylation sites (N-methyl/N-ethyl adjacent to an activating group) is 1. The number of piperidine rings is 1. The van der Waals surface area contributed by atoms with E-state index < -0.39 is 11.9 Å². The van der Waals surface area contributed by atoms with Crippen LogP contribution in [0.25, 0.3) is 0 Å². The van der Waals surface area contributed by atoms with Crippen LogP contribution in [0.15, 0.2) is 15.9 Å². The first kappa shape index (κ1) is 17.0. The minimum Gasteiger partial charge on any atom is -0.481 e. The van der Waals surface area contributed by atoms with Crippen LogP contribution in [-0.4, -0.2) is 59.4 Å². The standard InChI is InChI=1S/C14H17BrN2O4S/c1-16(13(19)11-5-10(15)8-22-11)7-12(18)17-4-2-3-9(6-17)14(20)21/h5,8-9H,2-4,6-7H2,1H3,(H,20,21). The Balaban J connectivity index is 1.93. The molecule has 1 atom stereocenters. The zero-order chi connectivity index (χ0) is 16.3. The van der Waals surface area contributed by atoms with Gasteiger partial charge in [-0.05, 0) is 34.8 Å². The van der Waals surface area contributed by atoms with Gasteiger partial charge < -0.3 is 14.9 Å². The fourth-order valence-corrected chi connectivity index (χ4v) is 3.81. The Morgan fingerprint density at radius 1 is 1.50 bits per heavy atom. The minimum absolute atomic E-state index is 0.0410. The van der Waals surface area contributed by atoms with Gasteiger partial charge in [-0.2, -0.15) is 0 Å². The summed E-state index contributed by atoms with van der Waals surface area (Å²) in [6, 6.07) is 1.72. The molecule has 2 amide bonds. The summed E-state index contributed by atoms with van der Waals surface area (Å²) in [4.78, 5) is 38.9. The summed E-state index contributed by atoms with van der Waals surface area (Å²) in [6.07, 6.45) is 1.27. The van der Waals surface area contributed by atoms with Crippen molar-refractivity contribution in [2.24, 2.45) is 5.92 Å². The van der Waals surface area contributed by atoms with Crippen molar-refractivity contribution >= 4 is 45.1 Å². The van der Waals surface area contributed by atoms with Crippen LogP contribution in [0.1, 0.15) is 22.5 Å². The molecule has 0 radical (unpaired) electrons. The molecule has 22 heavy (non-hydrogen) atoms. The number of carboxylic acids is 1. The molecule has 8 heteroatoms. The van der Waals surface area contributed by atoms with Crippen LogP contribution in [0, 0.1) is 5.92 Å². The lowest BCUT2D eigenvalue weighted by atomic mass is 9.98. The zero-order valence-corrected chi connectivity index (χ0v) is 14.5. The van der Waals surface area contributed by atoms with Gasteiger partial charge in [-0.1, -0.05) is 0 Å². The number of rotatable bonds is 4. The Labute approximate surface area is 140 Å². The third kappa shape index (κ3) is 4.07. The maximum Gasteiger partial charge on any atom is 0.308 e. The van der Waals surface area contributed by atoms with Crippen molar-refractivity contribution in [2.45, 2.75) is 12.8 Å². The molecule has 1 aliphatic rings. The lowest BCUT2D eigenvalue weighted by Gasteiger charge is -2.31. The molecule has 1 saturated heterocycles. The first-order chi connectivity index (χ1) is 10.4. The number of nitrogens with zero attached hydrogens (tertiary/aromatic N) is 2. The number of hydrogen-bond acceptors (Lipinski definition) is 4. The number of likely N-dealkylation sites (tertiary alicyclic amines) is 1. The molecule has 0 spiro atoms. The average Bonchev–Trinajstić information content (AvgIpc) is 2.93. The number of hydrogen-bond donors (Lipinski definition) is 1. The lowest BCUT2D eigenvalue weighted by Crippen LogP contribution is -2.46. The van der Waals surface area contributed by atoms with Crippen molar-refractivity contribution in [3.8, 4) is 0 Å². The molecule has 0 aliphatic carbocycles. The van der Waals surface area contributed by atoms with E-state index in [1.807, 2.05) is 5.38 Å². The van der Waals surface area contributed by atoms with E-state index in [-0.39, 0.29) is 24.9 Å². The second-order valence-electron chi connectivity index (χ2n) is 5.31. The Morgan fingerprint density at radius 3 is 2.82 bits per heavy atom. The highest BCUT2D eigenvalue weighted by Gasteiger charge is 2.29. The Kier molecular flexibility index (Phi) is 5.57. The summed E-state index contributed by atoms with van der Waals surface area (Å²) in [5.74, 6) is -1.80. The molecular formula is C14H17BrN2O4S. The quantitative estimate of drug-likeness (QED) is 0.854. The molecule has 120 valence electrons. The van der Waals surface area contributed by atoms with Crippen molar-refractivity contribution < 1.29 is 19.5 Å². The number of carboxylic acid groups (broad SMARTS) is 1. The molecule has 1 N–H and O–H groups in total. The molecule has 1 fully saturated rings. The molecule has 0 aromatic carbocycles. The summed E-state index contributed by atoms with van der Waals surface area (Å²) < 4.78 is 0.834. The van der Waals surface area contributed by atoms with Gasteiger partial charge in [0.25, 0.3) is 5.91 Å². The lowest BCUT2D eigenvalue weighted by molar-refractivity contribution is -0.145. The molecule has 1 aromatic rings. The molecule has 6 nitrogen and oxygen atoms in total. The van der Waals surface area contributed by atoms with E-state index in [1.54, 1.807) is 13.1 Å². The van der Waals surface area contributed by atoms with Crippen molar-refractivity contribution in [2.75, 3.05) is 26.7 Å². The minimum atomic E-state index is -0.870. The van der Waals surface area contributed by atoms with Crippen LogP contribution in [0.3, 0.4) is 0 Å². The number of amides is 2. The van der Waals surface area contributed by atoms with E-state index in [0.717, 1.165) is 4.47 Å². The van der Waals surface area contributed by atoms with Gasteiger partial charge in [0.05, 0.1) is 17.3 Å². The second-order valence-corrected chi connectivity index (χ2v) is 7.13. The van der Waals surface area contributed by atoms with Crippen LogP contribution in [0.5, 0.6) is 0 Å². The third-order valence-corrected chi connectivity index (χ3v) is 5.30. The van der Waals surface area contributed by atoms with Crippen LogP contribution < -0.4 is 0 Å². The summed E-state index contributed by atoms with van der Waals surface area (Å²) >= 11 is 4.60. The highest BCUT2D eigenvalue weighted by Crippen LogP contribution is 2.21. The van der Waals surface area contributed by atoms with Crippen LogP contribution in [0.2, 0.25) is 0 Å². The van der Waals surface area contributed by atoms with Crippen molar-refractivity contribution in [1.82, 2.24) is 9.80 Å². The van der Waals surface area contributed by atoms with E-state index in [9.17, 15) is 14.4 Å². The smallest absolute Gasteiger partial charge is 0.308 e. The fourth-order valence-electron chi connectivity index (χ4n) is 2.39. The van der Waals surface area contributed by atoms with Gasteiger partial charge in [0.1, 0.15) is 0 Å². The van der Waals surface area contributed by atoms with Gasteiger partial charge in [0.15, 0.2) is 0 Å². The molecular weight excluding hydrogens is 372 g/mol. The predicted molar refractivity (Wildman–Crippen MR) is 85.9 cm³/mol. The van der Waals surface area contributed by atoms with Gasteiger partial charge in [-0.25, -0.2) is 0 Å². The van der Waals surface area contributed by atoms with E-state index >= 15 is 0 Å². The fraction of sp³-hybridized carbons (Fsp3) is 0.500. The van der Waals surface area contributed by atoms with E-state index in [0.29, 0.717) is 24.3 Å². The number of carbonyl (C=O) groups is 3. The number of carbonyl (C=O) groups excluding carboxylic acids is 2. The summed E-state index contributed by atoms with van der Waals surface area (Å²) in [5, 5.41) is 10.9. The largest absolute Gasteiger partial charge is 0.481 e. The molecule has 2 heterocycles. The van der Waals surface area contributed by atoms with Crippen LogP contribution in [0.4, 0.5) is 0 Å². The van der Waals surface area contributed by atoms with Crippen molar-refractivity contribution in [3.63, 3.8) is 0 Å². The highest BCUT2D eigenvalue weighted by molar-refractivity contribution is 9.10. The van der Waals surface area contributed by atoms with Crippen molar-refractivity contribution in [3.05, 3.63) is 20.8 Å². The SMILES string of the molecule is CN(CC(=O)N1CCCC(C(=O)O)C1)C(=O)c1cc(Br)cs1. The highest BCUT2D eigenvalue weighted by atomic mass is 79.9. The second kappa shape index (κ2) is 7.23. The maximum absolute atomic E-state index is 12.3. The average molecular weight is 389 g/mol. The topological polar surface area (TPSA) is 77.9 Å². The normalized spacial score (nSPS) is 18.1.